The molecule has 0 spiro atoms. The van der Waals surface area contributed by atoms with Gasteiger partial charge in [-0.2, -0.15) is 4.98 Å². The van der Waals surface area contributed by atoms with Crippen molar-refractivity contribution in [3.8, 4) is 0 Å². The number of nitrogens with one attached hydrogen (secondary N) is 2. The molecule has 23 heavy (non-hydrogen) atoms. The van der Waals surface area contributed by atoms with E-state index in [4.69, 9.17) is 4.52 Å². The van der Waals surface area contributed by atoms with Crippen LogP contribution in [-0.4, -0.2) is 29.1 Å². The van der Waals surface area contributed by atoms with Crippen LogP contribution in [0.4, 0.5) is 4.39 Å². The highest BCUT2D eigenvalue weighted by Gasteiger charge is 2.32. The molecule has 1 amide bonds. The molecule has 1 aliphatic rings. The summed E-state index contributed by atoms with van der Waals surface area (Å²) in [6.07, 6.45) is 0. The van der Waals surface area contributed by atoms with Gasteiger partial charge in [-0.3, -0.25) is 4.79 Å². The maximum absolute atomic E-state index is 14.2. The number of hydrogen-bond acceptors (Lipinski definition) is 5. The molecule has 7 heteroatoms. The van der Waals surface area contributed by atoms with Crippen LogP contribution < -0.4 is 10.6 Å². The average molecular weight is 318 g/mol. The first-order chi connectivity index (χ1) is 11.1. The van der Waals surface area contributed by atoms with Crippen LogP contribution >= 0.6 is 0 Å². The SMILES string of the molecule is Cc1nc(C(NC(=O)C(C)C2CNC2)c2ccccc2F)no1. The molecule has 0 aliphatic carbocycles. The highest BCUT2D eigenvalue weighted by molar-refractivity contribution is 5.79. The van der Waals surface area contributed by atoms with Crippen molar-refractivity contribution in [3.05, 3.63) is 47.4 Å². The number of aryl methyl sites for hydroxylation is 1. The molecule has 0 bridgehead atoms. The molecule has 2 atom stereocenters. The summed E-state index contributed by atoms with van der Waals surface area (Å²) in [6.45, 7) is 5.17. The molecule has 122 valence electrons. The second kappa shape index (κ2) is 6.45. The minimum Gasteiger partial charge on any atom is -0.342 e. The topological polar surface area (TPSA) is 80.0 Å². The van der Waals surface area contributed by atoms with Crippen LogP contribution in [0.3, 0.4) is 0 Å². The Bertz CT molecular complexity index is 699. The van der Waals surface area contributed by atoms with Gasteiger partial charge in [0.25, 0.3) is 0 Å². The number of rotatable bonds is 5. The Morgan fingerprint density at radius 1 is 1.43 bits per heavy atom. The van der Waals surface area contributed by atoms with E-state index >= 15 is 0 Å². The fraction of sp³-hybridized carbons (Fsp3) is 0.438. The average Bonchev–Trinajstić information content (AvgIpc) is 2.90. The van der Waals surface area contributed by atoms with Crippen molar-refractivity contribution in [1.82, 2.24) is 20.8 Å². The van der Waals surface area contributed by atoms with Crippen molar-refractivity contribution in [3.63, 3.8) is 0 Å². The van der Waals surface area contributed by atoms with Gasteiger partial charge in [-0.05, 0) is 25.1 Å². The van der Waals surface area contributed by atoms with Crippen molar-refractivity contribution in [1.29, 1.82) is 0 Å². The second-order valence-electron chi connectivity index (χ2n) is 5.84. The van der Waals surface area contributed by atoms with Gasteiger partial charge in [-0.15, -0.1) is 0 Å². The number of halogens is 1. The highest BCUT2D eigenvalue weighted by atomic mass is 19.1. The molecule has 1 saturated heterocycles. The van der Waals surface area contributed by atoms with Gasteiger partial charge in [0.15, 0.2) is 5.82 Å². The van der Waals surface area contributed by atoms with Crippen LogP contribution in [0.1, 0.15) is 30.2 Å². The van der Waals surface area contributed by atoms with E-state index < -0.39 is 11.9 Å². The lowest BCUT2D eigenvalue weighted by molar-refractivity contribution is -0.127. The van der Waals surface area contributed by atoms with Gasteiger partial charge < -0.3 is 15.2 Å². The van der Waals surface area contributed by atoms with Crippen LogP contribution in [-0.2, 0) is 4.79 Å². The first-order valence-electron chi connectivity index (χ1n) is 7.62. The third kappa shape index (κ3) is 3.24. The largest absolute Gasteiger partial charge is 0.342 e. The minimum atomic E-state index is -0.767. The molecule has 6 nitrogen and oxygen atoms in total. The summed E-state index contributed by atoms with van der Waals surface area (Å²) in [5, 5.41) is 9.85. The molecule has 1 aliphatic heterocycles. The van der Waals surface area contributed by atoms with Gasteiger partial charge in [-0.1, -0.05) is 30.3 Å². The summed E-state index contributed by atoms with van der Waals surface area (Å²) < 4.78 is 19.2. The zero-order chi connectivity index (χ0) is 16.4. The fourth-order valence-electron chi connectivity index (χ4n) is 2.58. The second-order valence-corrected chi connectivity index (χ2v) is 5.84. The molecule has 1 aromatic heterocycles. The number of carbonyl (C=O) groups excluding carboxylic acids is 1. The Balaban J connectivity index is 1.86. The normalized spacial score (nSPS) is 17.3. The van der Waals surface area contributed by atoms with Crippen molar-refractivity contribution >= 4 is 5.91 Å². The number of amides is 1. The molecule has 2 unspecified atom stereocenters. The Labute approximate surface area is 133 Å². The van der Waals surface area contributed by atoms with E-state index in [1.165, 1.54) is 6.07 Å². The van der Waals surface area contributed by atoms with E-state index in [1.54, 1.807) is 25.1 Å². The maximum atomic E-state index is 14.2. The lowest BCUT2D eigenvalue weighted by Gasteiger charge is -2.32. The van der Waals surface area contributed by atoms with Crippen molar-refractivity contribution in [2.24, 2.45) is 11.8 Å². The van der Waals surface area contributed by atoms with E-state index in [9.17, 15) is 9.18 Å². The lowest BCUT2D eigenvalue weighted by atomic mass is 9.88. The monoisotopic (exact) mass is 318 g/mol. The van der Waals surface area contributed by atoms with Gasteiger partial charge >= 0.3 is 0 Å². The van der Waals surface area contributed by atoms with E-state index in [1.807, 2.05) is 6.92 Å². The molecule has 0 radical (unpaired) electrons. The van der Waals surface area contributed by atoms with Gasteiger partial charge in [0, 0.05) is 18.4 Å². The van der Waals surface area contributed by atoms with Crippen molar-refractivity contribution < 1.29 is 13.7 Å². The van der Waals surface area contributed by atoms with Crippen LogP contribution in [0.15, 0.2) is 28.8 Å². The standard InChI is InChI=1S/C16H19FN4O2/c1-9(11-7-18-8-11)16(22)20-14(15-19-10(2)23-21-15)12-5-3-4-6-13(12)17/h3-6,9,11,14,18H,7-8H2,1-2H3,(H,20,22). The van der Waals surface area contributed by atoms with Crippen LogP contribution in [0, 0.1) is 24.6 Å². The van der Waals surface area contributed by atoms with Crippen LogP contribution in [0.25, 0.3) is 0 Å². The number of aromatic nitrogens is 2. The molecule has 2 heterocycles. The third-order valence-corrected chi connectivity index (χ3v) is 4.24. The summed E-state index contributed by atoms with van der Waals surface area (Å²) in [4.78, 5) is 16.7. The fourth-order valence-corrected chi connectivity index (χ4v) is 2.58. The number of nitrogens with zero attached hydrogens (tertiary/aromatic N) is 2. The van der Waals surface area contributed by atoms with Gasteiger partial charge in [0.1, 0.15) is 11.9 Å². The molecule has 2 N–H and O–H groups in total. The number of hydrogen-bond donors (Lipinski definition) is 2. The predicted octanol–water partition coefficient (Wildman–Crippen LogP) is 1.58. The molecule has 1 fully saturated rings. The summed E-state index contributed by atoms with van der Waals surface area (Å²) in [5.41, 5.74) is 0.320. The Morgan fingerprint density at radius 2 is 2.17 bits per heavy atom. The lowest BCUT2D eigenvalue weighted by Crippen LogP contribution is -2.50. The third-order valence-electron chi connectivity index (χ3n) is 4.24. The summed E-state index contributed by atoms with van der Waals surface area (Å²) >= 11 is 0. The zero-order valence-electron chi connectivity index (χ0n) is 13.0. The van der Waals surface area contributed by atoms with Crippen LogP contribution in [0.5, 0.6) is 0 Å². The summed E-state index contributed by atoms with van der Waals surface area (Å²) in [5.74, 6) is 0.180. The van der Waals surface area contributed by atoms with Crippen LogP contribution in [0.2, 0.25) is 0 Å². The van der Waals surface area contributed by atoms with Crippen molar-refractivity contribution in [2.75, 3.05) is 13.1 Å². The smallest absolute Gasteiger partial charge is 0.224 e. The first-order valence-corrected chi connectivity index (χ1v) is 7.62. The quantitative estimate of drug-likeness (QED) is 0.875. The Kier molecular flexibility index (Phi) is 4.38. The van der Waals surface area contributed by atoms with Gasteiger partial charge in [-0.25, -0.2) is 4.39 Å². The predicted molar refractivity (Wildman–Crippen MR) is 80.9 cm³/mol. The number of carbonyl (C=O) groups is 1. The van der Waals surface area contributed by atoms with Gasteiger partial charge in [0.2, 0.25) is 11.8 Å². The molecule has 0 saturated carbocycles. The van der Waals surface area contributed by atoms with Crippen molar-refractivity contribution in [2.45, 2.75) is 19.9 Å². The molecular weight excluding hydrogens is 299 g/mol. The summed E-state index contributed by atoms with van der Waals surface area (Å²) in [6, 6.07) is 5.50. The van der Waals surface area contributed by atoms with Gasteiger partial charge in [0.05, 0.1) is 0 Å². The highest BCUT2D eigenvalue weighted by Crippen LogP contribution is 2.24. The first kappa shape index (κ1) is 15.6. The molecule has 2 aromatic rings. The van der Waals surface area contributed by atoms with E-state index in [-0.39, 0.29) is 17.6 Å². The van der Waals surface area contributed by atoms with E-state index in [2.05, 4.69) is 20.8 Å². The Hall–Kier alpha value is -2.28. The number of benzene rings is 1. The Morgan fingerprint density at radius 3 is 2.74 bits per heavy atom. The van der Waals surface area contributed by atoms with E-state index in [0.717, 1.165) is 13.1 Å². The summed E-state index contributed by atoms with van der Waals surface area (Å²) in [7, 11) is 0. The zero-order valence-corrected chi connectivity index (χ0v) is 13.0. The van der Waals surface area contributed by atoms with E-state index in [0.29, 0.717) is 17.4 Å². The minimum absolute atomic E-state index is 0.146. The molecule has 3 rings (SSSR count). The molecule has 1 aromatic carbocycles. The molecular formula is C16H19FN4O2. The maximum Gasteiger partial charge on any atom is 0.224 e.